The number of rotatable bonds is 5. The summed E-state index contributed by atoms with van der Waals surface area (Å²) in [5, 5.41) is -0.0711. The molecule has 1 aromatic carbocycles. The minimum atomic E-state index is -4.51. The van der Waals surface area contributed by atoms with Crippen molar-refractivity contribution in [1.29, 1.82) is 0 Å². The largest absolute Gasteiger partial charge is 0.494 e. The number of alkyl halides is 3. The molecule has 1 saturated heterocycles. The number of methoxy groups -OCH3 is 1. The van der Waals surface area contributed by atoms with Gasteiger partial charge >= 0.3 is 6.18 Å². The molecule has 2 aromatic rings. The Balaban J connectivity index is 1.59. The van der Waals surface area contributed by atoms with Crippen molar-refractivity contribution in [2.45, 2.75) is 25.6 Å². The van der Waals surface area contributed by atoms with Gasteiger partial charge in [0.2, 0.25) is 5.91 Å². The van der Waals surface area contributed by atoms with Gasteiger partial charge in [0, 0.05) is 38.8 Å². The van der Waals surface area contributed by atoms with Gasteiger partial charge in [0.15, 0.2) is 11.6 Å². The highest BCUT2D eigenvalue weighted by atomic mass is 35.5. The maximum absolute atomic E-state index is 13.9. The molecule has 2 heterocycles. The van der Waals surface area contributed by atoms with Gasteiger partial charge in [-0.1, -0.05) is 17.7 Å². The normalized spacial score (nSPS) is 15.1. The second kappa shape index (κ2) is 9.30. The summed E-state index contributed by atoms with van der Waals surface area (Å²) in [6.07, 6.45) is -2.72. The van der Waals surface area contributed by atoms with Crippen molar-refractivity contribution in [3.05, 3.63) is 52.4 Å². The molecule has 0 N–H and O–H groups in total. The lowest BCUT2D eigenvalue weighted by molar-refractivity contribution is -0.138. The smallest absolute Gasteiger partial charge is 0.417 e. The molecular weight excluding hydrogens is 438 g/mol. The van der Waals surface area contributed by atoms with Crippen LogP contribution in [-0.4, -0.2) is 43.0 Å². The zero-order valence-corrected chi connectivity index (χ0v) is 17.8. The second-order valence-electron chi connectivity index (χ2n) is 7.45. The molecule has 168 valence electrons. The molecule has 1 aromatic heterocycles. The van der Waals surface area contributed by atoms with E-state index in [1.54, 1.807) is 22.9 Å². The van der Waals surface area contributed by atoms with Crippen LogP contribution in [0.15, 0.2) is 30.5 Å². The molecule has 0 atom stereocenters. The first-order chi connectivity index (χ1) is 14.6. The molecule has 1 aliphatic rings. The Morgan fingerprint density at radius 3 is 2.52 bits per heavy atom. The third-order valence-electron chi connectivity index (χ3n) is 5.30. The van der Waals surface area contributed by atoms with E-state index in [1.807, 2.05) is 0 Å². The zero-order chi connectivity index (χ0) is 22.8. The van der Waals surface area contributed by atoms with Gasteiger partial charge < -0.3 is 14.5 Å². The van der Waals surface area contributed by atoms with E-state index >= 15 is 0 Å². The lowest BCUT2D eigenvalue weighted by atomic mass is 9.95. The van der Waals surface area contributed by atoms with E-state index in [1.165, 1.54) is 19.2 Å². The monoisotopic (exact) mass is 459 g/mol. The van der Waals surface area contributed by atoms with E-state index in [0.29, 0.717) is 31.5 Å². The first-order valence-electron chi connectivity index (χ1n) is 9.65. The van der Waals surface area contributed by atoms with Crippen molar-refractivity contribution in [2.24, 2.45) is 5.92 Å². The predicted octanol–water partition coefficient (Wildman–Crippen LogP) is 4.78. The number of hydrogen-bond acceptors (Lipinski definition) is 4. The maximum Gasteiger partial charge on any atom is 0.417 e. The fourth-order valence-electron chi connectivity index (χ4n) is 3.63. The molecule has 5 nitrogen and oxygen atoms in total. The Bertz CT molecular complexity index is 947. The van der Waals surface area contributed by atoms with Gasteiger partial charge in [0.05, 0.1) is 17.7 Å². The Labute approximate surface area is 182 Å². The van der Waals surface area contributed by atoms with E-state index in [0.717, 1.165) is 12.3 Å². The zero-order valence-electron chi connectivity index (χ0n) is 17.0. The number of hydrogen-bond donors (Lipinski definition) is 0. The number of halogens is 5. The minimum Gasteiger partial charge on any atom is -0.494 e. The Morgan fingerprint density at radius 2 is 1.97 bits per heavy atom. The van der Waals surface area contributed by atoms with Crippen molar-refractivity contribution in [3.8, 4) is 5.75 Å². The minimum absolute atomic E-state index is 0.0673. The number of carbonyl (C=O) groups excluding carboxylic acids is 1. The van der Waals surface area contributed by atoms with Gasteiger partial charge in [-0.2, -0.15) is 13.2 Å². The lowest BCUT2D eigenvalue weighted by Gasteiger charge is -2.34. The molecule has 1 fully saturated rings. The summed E-state index contributed by atoms with van der Waals surface area (Å²) < 4.78 is 57.1. The third kappa shape index (κ3) is 5.39. The summed E-state index contributed by atoms with van der Waals surface area (Å²) in [7, 11) is 3.04. The average Bonchev–Trinajstić information content (AvgIpc) is 2.73. The first kappa shape index (κ1) is 23.1. The quantitative estimate of drug-likeness (QED) is 0.604. The summed E-state index contributed by atoms with van der Waals surface area (Å²) in [4.78, 5) is 20.0. The number of pyridine rings is 1. The molecule has 0 aliphatic carbocycles. The van der Waals surface area contributed by atoms with Crippen LogP contribution in [0, 0.1) is 11.7 Å². The molecule has 0 saturated carbocycles. The number of anilines is 1. The van der Waals surface area contributed by atoms with Crippen LogP contribution in [-0.2, 0) is 17.5 Å². The van der Waals surface area contributed by atoms with Gasteiger partial charge in [-0.05, 0) is 36.6 Å². The lowest BCUT2D eigenvalue weighted by Crippen LogP contribution is -2.41. The highest BCUT2D eigenvalue weighted by Crippen LogP contribution is 2.35. The topological polar surface area (TPSA) is 45.7 Å². The van der Waals surface area contributed by atoms with Crippen LogP contribution in [0.1, 0.15) is 24.0 Å². The van der Waals surface area contributed by atoms with E-state index in [2.05, 4.69) is 4.98 Å². The summed E-state index contributed by atoms with van der Waals surface area (Å²) in [5.74, 6) is -0.377. The van der Waals surface area contributed by atoms with Crippen LogP contribution >= 0.6 is 11.6 Å². The van der Waals surface area contributed by atoms with Crippen molar-refractivity contribution in [3.63, 3.8) is 0 Å². The van der Waals surface area contributed by atoms with Gasteiger partial charge in [0.25, 0.3) is 0 Å². The molecule has 1 amide bonds. The molecule has 10 heteroatoms. The Kier molecular flexibility index (Phi) is 6.93. The third-order valence-corrected chi connectivity index (χ3v) is 5.58. The molecule has 31 heavy (non-hydrogen) atoms. The average molecular weight is 460 g/mol. The first-order valence-corrected chi connectivity index (χ1v) is 10.0. The molecule has 0 spiro atoms. The van der Waals surface area contributed by atoms with Crippen LogP contribution in [0.25, 0.3) is 0 Å². The SMILES string of the molecule is COc1ccc(CN(C)C(=O)C2CCN(c3ncc(C(F)(F)F)cc3Cl)CC2)cc1F. The van der Waals surface area contributed by atoms with Crippen LogP contribution in [0.4, 0.5) is 23.4 Å². The van der Waals surface area contributed by atoms with Crippen LogP contribution in [0.5, 0.6) is 5.75 Å². The highest BCUT2D eigenvalue weighted by Gasteiger charge is 2.33. The predicted molar refractivity (Wildman–Crippen MR) is 109 cm³/mol. The molecule has 1 aliphatic heterocycles. The van der Waals surface area contributed by atoms with Gasteiger partial charge in [-0.15, -0.1) is 0 Å². The number of carbonyl (C=O) groups is 1. The van der Waals surface area contributed by atoms with Gasteiger partial charge in [0.1, 0.15) is 5.82 Å². The number of aromatic nitrogens is 1. The summed E-state index contributed by atoms with van der Waals surface area (Å²) in [5.41, 5.74) is -0.254. The fraction of sp³-hybridized carbons (Fsp3) is 0.429. The van der Waals surface area contributed by atoms with Crippen molar-refractivity contribution in [2.75, 3.05) is 32.1 Å². The van der Waals surface area contributed by atoms with E-state index in [-0.39, 0.29) is 35.0 Å². The fourth-order valence-corrected chi connectivity index (χ4v) is 3.91. The number of ether oxygens (including phenoxy) is 1. The number of amides is 1. The molecule has 0 unspecified atom stereocenters. The Hall–Kier alpha value is -2.55. The van der Waals surface area contributed by atoms with Crippen molar-refractivity contribution >= 4 is 23.3 Å². The summed E-state index contributed by atoms with van der Waals surface area (Å²) in [6, 6.07) is 5.42. The molecular formula is C21H22ClF4N3O2. The summed E-state index contributed by atoms with van der Waals surface area (Å²) >= 11 is 6.02. The van der Waals surface area contributed by atoms with Crippen LogP contribution in [0.3, 0.4) is 0 Å². The summed E-state index contributed by atoms with van der Waals surface area (Å²) in [6.45, 7) is 1.14. The molecule has 0 bridgehead atoms. The maximum atomic E-state index is 13.9. The standard InChI is InChI=1S/C21H22ClF4N3O2/c1-28(12-13-3-4-18(31-2)17(23)9-13)20(30)14-5-7-29(8-6-14)19-16(22)10-15(11-27-19)21(24,25)26/h3-4,9-11,14H,5-8,12H2,1-2H3. The van der Waals surface area contributed by atoms with Crippen molar-refractivity contribution in [1.82, 2.24) is 9.88 Å². The number of piperidine rings is 1. The Morgan fingerprint density at radius 1 is 1.29 bits per heavy atom. The number of benzene rings is 1. The van der Waals surface area contributed by atoms with Gasteiger partial charge in [-0.3, -0.25) is 4.79 Å². The van der Waals surface area contributed by atoms with Gasteiger partial charge in [-0.25, -0.2) is 9.37 Å². The van der Waals surface area contributed by atoms with E-state index in [4.69, 9.17) is 16.3 Å². The molecule has 3 rings (SSSR count). The van der Waals surface area contributed by atoms with Crippen LogP contribution < -0.4 is 9.64 Å². The highest BCUT2D eigenvalue weighted by molar-refractivity contribution is 6.33. The second-order valence-corrected chi connectivity index (χ2v) is 7.86. The number of nitrogens with zero attached hydrogens (tertiary/aromatic N) is 3. The van der Waals surface area contributed by atoms with Crippen molar-refractivity contribution < 1.29 is 27.1 Å². The molecule has 0 radical (unpaired) electrons. The van der Waals surface area contributed by atoms with Crippen LogP contribution in [0.2, 0.25) is 5.02 Å². The van der Waals surface area contributed by atoms with E-state index in [9.17, 15) is 22.4 Å². The van der Waals surface area contributed by atoms with E-state index < -0.39 is 17.6 Å².